The number of amides is 2. The minimum absolute atomic E-state index is 0.299. The maximum absolute atomic E-state index is 13.8. The topological polar surface area (TPSA) is 67.4 Å². The highest BCUT2D eigenvalue weighted by atomic mass is 19.2. The second-order valence-corrected chi connectivity index (χ2v) is 6.14. The minimum atomic E-state index is -1.68. The van der Waals surface area contributed by atoms with Crippen LogP contribution in [0.2, 0.25) is 0 Å². The van der Waals surface area contributed by atoms with Crippen LogP contribution in [0.4, 0.5) is 18.9 Å². The number of methoxy groups -OCH3 is 1. The number of halogens is 3. The highest BCUT2D eigenvalue weighted by Gasteiger charge is 2.26. The largest absolute Gasteiger partial charge is 0.497 e. The lowest BCUT2D eigenvalue weighted by atomic mass is 10.0. The SMILES string of the molecule is COc1ccc(C(=O)NC(C(=O)Nc2ccc(F)c(F)c2F)C(C)C)cc1. The first kappa shape index (κ1) is 20.3. The van der Waals surface area contributed by atoms with Crippen molar-refractivity contribution in [3.05, 3.63) is 59.4 Å². The van der Waals surface area contributed by atoms with Gasteiger partial charge in [-0.15, -0.1) is 0 Å². The Morgan fingerprint density at radius 3 is 2.15 bits per heavy atom. The van der Waals surface area contributed by atoms with Gasteiger partial charge in [-0.2, -0.15) is 0 Å². The summed E-state index contributed by atoms with van der Waals surface area (Å²) in [6.45, 7) is 3.36. The van der Waals surface area contributed by atoms with Gasteiger partial charge in [-0.3, -0.25) is 9.59 Å². The molecule has 0 aliphatic carbocycles. The predicted molar refractivity (Wildman–Crippen MR) is 94.0 cm³/mol. The summed E-state index contributed by atoms with van der Waals surface area (Å²) in [5.41, 5.74) is -0.212. The Balaban J connectivity index is 2.15. The summed E-state index contributed by atoms with van der Waals surface area (Å²) in [6.07, 6.45) is 0. The molecule has 1 unspecified atom stereocenters. The van der Waals surface area contributed by atoms with Crippen LogP contribution in [-0.2, 0) is 4.79 Å². The van der Waals surface area contributed by atoms with E-state index in [1.807, 2.05) is 0 Å². The van der Waals surface area contributed by atoms with Gasteiger partial charge in [0, 0.05) is 5.56 Å². The fraction of sp³-hybridized carbons (Fsp3) is 0.263. The van der Waals surface area contributed by atoms with Crippen molar-refractivity contribution in [1.82, 2.24) is 5.32 Å². The first-order valence-corrected chi connectivity index (χ1v) is 8.14. The second-order valence-electron chi connectivity index (χ2n) is 6.14. The number of nitrogens with one attached hydrogen (secondary N) is 2. The fourth-order valence-corrected chi connectivity index (χ4v) is 2.33. The van der Waals surface area contributed by atoms with Crippen molar-refractivity contribution in [2.45, 2.75) is 19.9 Å². The van der Waals surface area contributed by atoms with Gasteiger partial charge in [0.05, 0.1) is 12.8 Å². The van der Waals surface area contributed by atoms with E-state index in [-0.39, 0.29) is 5.92 Å². The molecular formula is C19H19F3N2O3. The zero-order valence-electron chi connectivity index (χ0n) is 15.0. The number of hydrogen-bond acceptors (Lipinski definition) is 3. The lowest BCUT2D eigenvalue weighted by Crippen LogP contribution is -2.47. The molecule has 8 heteroatoms. The molecule has 0 fully saturated rings. The van der Waals surface area contributed by atoms with Crippen LogP contribution in [0, 0.1) is 23.4 Å². The summed E-state index contributed by atoms with van der Waals surface area (Å²) < 4.78 is 45.1. The number of hydrogen-bond donors (Lipinski definition) is 2. The molecule has 0 spiro atoms. The normalized spacial score (nSPS) is 11.8. The minimum Gasteiger partial charge on any atom is -0.497 e. The van der Waals surface area contributed by atoms with E-state index in [2.05, 4.69) is 10.6 Å². The number of anilines is 1. The van der Waals surface area contributed by atoms with Crippen molar-refractivity contribution in [3.63, 3.8) is 0 Å². The van der Waals surface area contributed by atoms with E-state index in [0.717, 1.165) is 6.07 Å². The van der Waals surface area contributed by atoms with E-state index >= 15 is 0 Å². The Kier molecular flexibility index (Phi) is 6.44. The molecule has 0 radical (unpaired) electrons. The highest BCUT2D eigenvalue weighted by molar-refractivity contribution is 6.01. The third-order valence-electron chi connectivity index (χ3n) is 3.88. The third-order valence-corrected chi connectivity index (χ3v) is 3.88. The molecule has 0 saturated carbocycles. The lowest BCUT2D eigenvalue weighted by molar-refractivity contribution is -0.118. The molecule has 0 aliphatic rings. The van der Waals surface area contributed by atoms with Gasteiger partial charge in [-0.05, 0) is 42.3 Å². The van der Waals surface area contributed by atoms with Crippen LogP contribution in [0.1, 0.15) is 24.2 Å². The second kappa shape index (κ2) is 8.57. The van der Waals surface area contributed by atoms with E-state index in [1.54, 1.807) is 26.0 Å². The molecule has 0 heterocycles. The number of benzene rings is 2. The smallest absolute Gasteiger partial charge is 0.251 e. The van der Waals surface area contributed by atoms with E-state index in [4.69, 9.17) is 4.74 Å². The maximum atomic E-state index is 13.8. The van der Waals surface area contributed by atoms with Crippen molar-refractivity contribution in [2.75, 3.05) is 12.4 Å². The van der Waals surface area contributed by atoms with Crippen LogP contribution in [0.15, 0.2) is 36.4 Å². The summed E-state index contributed by atoms with van der Waals surface area (Å²) in [7, 11) is 1.49. The van der Waals surface area contributed by atoms with E-state index in [0.29, 0.717) is 17.4 Å². The Morgan fingerprint density at radius 2 is 1.59 bits per heavy atom. The molecule has 0 bridgehead atoms. The van der Waals surface area contributed by atoms with Crippen molar-refractivity contribution in [3.8, 4) is 5.75 Å². The Hall–Kier alpha value is -3.03. The lowest BCUT2D eigenvalue weighted by Gasteiger charge is -2.22. The van der Waals surface area contributed by atoms with Crippen molar-refractivity contribution < 1.29 is 27.5 Å². The number of carbonyl (C=O) groups excluding carboxylic acids is 2. The molecule has 5 nitrogen and oxygen atoms in total. The average molecular weight is 380 g/mol. The van der Waals surface area contributed by atoms with Gasteiger partial charge in [0.25, 0.3) is 5.91 Å². The number of rotatable bonds is 6. The summed E-state index contributed by atoms with van der Waals surface area (Å²) in [5, 5.41) is 4.73. The summed E-state index contributed by atoms with van der Waals surface area (Å²) >= 11 is 0. The van der Waals surface area contributed by atoms with Crippen LogP contribution in [-0.4, -0.2) is 25.0 Å². The number of ether oxygens (including phenoxy) is 1. The zero-order valence-corrected chi connectivity index (χ0v) is 15.0. The molecule has 0 aromatic heterocycles. The number of carbonyl (C=O) groups is 2. The molecule has 2 rings (SSSR count). The first-order valence-electron chi connectivity index (χ1n) is 8.14. The summed E-state index contributed by atoms with van der Waals surface area (Å²) in [6, 6.07) is 6.83. The van der Waals surface area contributed by atoms with Gasteiger partial charge < -0.3 is 15.4 Å². The average Bonchev–Trinajstić information content (AvgIpc) is 2.66. The van der Waals surface area contributed by atoms with Crippen LogP contribution < -0.4 is 15.4 Å². The Labute approximate surface area is 154 Å². The molecule has 0 saturated heterocycles. The molecule has 2 amide bonds. The van der Waals surface area contributed by atoms with Crippen molar-refractivity contribution in [1.29, 1.82) is 0 Å². The zero-order chi connectivity index (χ0) is 20.1. The summed E-state index contributed by atoms with van der Waals surface area (Å²) in [4.78, 5) is 24.8. The van der Waals surface area contributed by atoms with Gasteiger partial charge in [0.15, 0.2) is 17.5 Å². The fourth-order valence-electron chi connectivity index (χ4n) is 2.33. The van der Waals surface area contributed by atoms with Crippen LogP contribution >= 0.6 is 0 Å². The molecule has 0 aliphatic heterocycles. The molecular weight excluding hydrogens is 361 g/mol. The molecule has 2 aromatic carbocycles. The van der Waals surface area contributed by atoms with Gasteiger partial charge in [0.2, 0.25) is 5.91 Å². The Morgan fingerprint density at radius 1 is 0.963 bits per heavy atom. The van der Waals surface area contributed by atoms with Gasteiger partial charge in [0.1, 0.15) is 11.8 Å². The van der Waals surface area contributed by atoms with Gasteiger partial charge >= 0.3 is 0 Å². The monoisotopic (exact) mass is 380 g/mol. The predicted octanol–water partition coefficient (Wildman–Crippen LogP) is 3.51. The van der Waals surface area contributed by atoms with E-state index in [9.17, 15) is 22.8 Å². The molecule has 2 aromatic rings. The highest BCUT2D eigenvalue weighted by Crippen LogP contribution is 2.20. The van der Waals surface area contributed by atoms with Crippen molar-refractivity contribution >= 4 is 17.5 Å². The quantitative estimate of drug-likeness (QED) is 0.754. The van der Waals surface area contributed by atoms with Gasteiger partial charge in [-0.25, -0.2) is 13.2 Å². The molecule has 1 atom stereocenters. The van der Waals surface area contributed by atoms with Crippen LogP contribution in [0.3, 0.4) is 0 Å². The van der Waals surface area contributed by atoms with Crippen LogP contribution in [0.5, 0.6) is 5.75 Å². The maximum Gasteiger partial charge on any atom is 0.251 e. The third kappa shape index (κ3) is 4.78. The molecule has 2 N–H and O–H groups in total. The van der Waals surface area contributed by atoms with Gasteiger partial charge in [-0.1, -0.05) is 13.8 Å². The first-order chi connectivity index (χ1) is 12.7. The van der Waals surface area contributed by atoms with E-state index in [1.165, 1.54) is 19.2 Å². The van der Waals surface area contributed by atoms with Crippen LogP contribution in [0.25, 0.3) is 0 Å². The Bertz CT molecular complexity index is 839. The molecule has 144 valence electrons. The summed E-state index contributed by atoms with van der Waals surface area (Å²) in [5.74, 6) is -5.60. The van der Waals surface area contributed by atoms with E-state index < -0.39 is 41.0 Å². The van der Waals surface area contributed by atoms with Crippen molar-refractivity contribution in [2.24, 2.45) is 5.92 Å². The molecule has 27 heavy (non-hydrogen) atoms. The standard InChI is InChI=1S/C19H19F3N2O3/c1-10(2)17(24-18(25)11-4-6-12(27-3)7-5-11)19(26)23-14-9-8-13(20)15(21)16(14)22/h4-10,17H,1-3H3,(H,23,26)(H,24,25).